The highest BCUT2D eigenvalue weighted by atomic mass is 35.5. The largest absolute Gasteiger partial charge is 0.352 e. The first-order chi connectivity index (χ1) is 12.2. The molecule has 126 valence electrons. The van der Waals surface area contributed by atoms with Crippen molar-refractivity contribution >= 4 is 34.8 Å². The Hall–Kier alpha value is -2.92. The Morgan fingerprint density at radius 2 is 1.68 bits per heavy atom. The predicted molar refractivity (Wildman–Crippen MR) is 99.7 cm³/mol. The summed E-state index contributed by atoms with van der Waals surface area (Å²) in [6.45, 7) is 2.41. The summed E-state index contributed by atoms with van der Waals surface area (Å²) >= 11 is 6.38. The van der Waals surface area contributed by atoms with Gasteiger partial charge in [0.25, 0.3) is 5.91 Å². The zero-order valence-electron chi connectivity index (χ0n) is 13.7. The molecule has 0 saturated heterocycles. The van der Waals surface area contributed by atoms with Crippen LogP contribution in [-0.4, -0.2) is 22.4 Å². The van der Waals surface area contributed by atoms with Gasteiger partial charge in [-0.25, -0.2) is 9.97 Å². The summed E-state index contributed by atoms with van der Waals surface area (Å²) in [6.07, 6.45) is 3.03. The molecule has 5 nitrogen and oxygen atoms in total. The van der Waals surface area contributed by atoms with Crippen LogP contribution in [0.3, 0.4) is 0 Å². The van der Waals surface area contributed by atoms with E-state index in [9.17, 15) is 4.79 Å². The first-order valence-corrected chi connectivity index (χ1v) is 8.28. The van der Waals surface area contributed by atoms with Gasteiger partial charge in [-0.2, -0.15) is 0 Å². The zero-order valence-corrected chi connectivity index (χ0v) is 14.4. The van der Waals surface area contributed by atoms with Crippen LogP contribution in [0.1, 0.15) is 17.3 Å². The number of nitrogens with one attached hydrogen (secondary N) is 1. The molecule has 0 radical (unpaired) electrons. The maximum absolute atomic E-state index is 11.9. The fraction of sp³-hybridized carbons (Fsp3) is 0.105. The van der Waals surface area contributed by atoms with E-state index < -0.39 is 0 Å². The molecule has 0 aliphatic carbocycles. The van der Waals surface area contributed by atoms with Crippen LogP contribution in [0.2, 0.25) is 5.02 Å². The Bertz CT molecular complexity index is 853. The van der Waals surface area contributed by atoms with Crippen molar-refractivity contribution in [3.05, 3.63) is 77.6 Å². The smallest absolute Gasteiger partial charge is 0.254 e. The van der Waals surface area contributed by atoms with Crippen LogP contribution in [0.5, 0.6) is 0 Å². The van der Waals surface area contributed by atoms with Crippen molar-refractivity contribution in [2.75, 3.05) is 11.4 Å². The number of carbonyl (C=O) groups excluding carboxylic acids is 1. The van der Waals surface area contributed by atoms with Crippen LogP contribution in [0.4, 0.5) is 17.3 Å². The maximum Gasteiger partial charge on any atom is 0.254 e. The maximum atomic E-state index is 11.9. The number of amides is 1. The molecular formula is C19H17ClN4O. The SMILES string of the molecule is CCNC(=O)c1cnc(N(c2ccccc2)c2ccccc2Cl)nc1. The van der Waals surface area contributed by atoms with Gasteiger partial charge in [0.15, 0.2) is 0 Å². The molecule has 0 aliphatic heterocycles. The van der Waals surface area contributed by atoms with Gasteiger partial charge in [0.1, 0.15) is 0 Å². The molecule has 1 aromatic heterocycles. The molecule has 0 unspecified atom stereocenters. The van der Waals surface area contributed by atoms with Gasteiger partial charge in [-0.05, 0) is 31.2 Å². The first kappa shape index (κ1) is 16.9. The minimum atomic E-state index is -0.196. The van der Waals surface area contributed by atoms with Crippen molar-refractivity contribution in [3.8, 4) is 0 Å². The number of carbonyl (C=O) groups is 1. The lowest BCUT2D eigenvalue weighted by Crippen LogP contribution is -2.23. The van der Waals surface area contributed by atoms with E-state index in [1.807, 2.05) is 66.4 Å². The van der Waals surface area contributed by atoms with Crippen LogP contribution in [0.15, 0.2) is 67.0 Å². The highest BCUT2D eigenvalue weighted by Crippen LogP contribution is 2.36. The number of hydrogen-bond donors (Lipinski definition) is 1. The van der Waals surface area contributed by atoms with Crippen LogP contribution < -0.4 is 10.2 Å². The second kappa shape index (κ2) is 7.77. The fourth-order valence-electron chi connectivity index (χ4n) is 2.39. The van der Waals surface area contributed by atoms with Gasteiger partial charge in [-0.15, -0.1) is 0 Å². The summed E-state index contributed by atoms with van der Waals surface area (Å²) in [5.41, 5.74) is 2.06. The number of nitrogens with zero attached hydrogens (tertiary/aromatic N) is 3. The lowest BCUT2D eigenvalue weighted by atomic mass is 10.2. The monoisotopic (exact) mass is 352 g/mol. The molecule has 0 spiro atoms. The molecule has 6 heteroatoms. The minimum absolute atomic E-state index is 0.196. The van der Waals surface area contributed by atoms with Crippen LogP contribution in [-0.2, 0) is 0 Å². The standard InChI is InChI=1S/C19H17ClN4O/c1-2-21-18(25)14-12-22-19(23-13-14)24(15-8-4-3-5-9-15)17-11-7-6-10-16(17)20/h3-13H,2H2,1H3,(H,21,25). The quantitative estimate of drug-likeness (QED) is 0.741. The van der Waals surface area contributed by atoms with Gasteiger partial charge in [-0.3, -0.25) is 9.69 Å². The Kier molecular flexibility index (Phi) is 5.26. The van der Waals surface area contributed by atoms with E-state index >= 15 is 0 Å². The normalized spacial score (nSPS) is 10.3. The second-order valence-corrected chi connectivity index (χ2v) is 5.66. The van der Waals surface area contributed by atoms with E-state index in [0.717, 1.165) is 11.4 Å². The number of anilines is 3. The molecule has 0 atom stereocenters. The lowest BCUT2D eigenvalue weighted by Gasteiger charge is -2.23. The Morgan fingerprint density at radius 3 is 2.32 bits per heavy atom. The van der Waals surface area contributed by atoms with Gasteiger partial charge in [-0.1, -0.05) is 41.9 Å². The van der Waals surface area contributed by atoms with E-state index in [0.29, 0.717) is 23.1 Å². The molecule has 1 amide bonds. The average molecular weight is 353 g/mol. The Balaban J connectivity index is 2.04. The minimum Gasteiger partial charge on any atom is -0.352 e. The second-order valence-electron chi connectivity index (χ2n) is 5.25. The van der Waals surface area contributed by atoms with E-state index in [-0.39, 0.29) is 5.91 Å². The number of rotatable bonds is 5. The molecule has 1 heterocycles. The Morgan fingerprint density at radius 1 is 1.04 bits per heavy atom. The summed E-state index contributed by atoms with van der Waals surface area (Å²) in [5.74, 6) is 0.241. The Labute approximate surface area is 151 Å². The van der Waals surface area contributed by atoms with Crippen molar-refractivity contribution in [1.29, 1.82) is 0 Å². The third-order valence-corrected chi connectivity index (χ3v) is 3.87. The molecule has 3 aromatic rings. The predicted octanol–water partition coefficient (Wildman–Crippen LogP) is 4.35. The summed E-state index contributed by atoms with van der Waals surface area (Å²) in [5, 5.41) is 3.32. The summed E-state index contributed by atoms with van der Waals surface area (Å²) in [4.78, 5) is 22.5. The summed E-state index contributed by atoms with van der Waals surface area (Å²) in [7, 11) is 0. The molecule has 0 aliphatic rings. The number of benzene rings is 2. The third kappa shape index (κ3) is 3.78. The lowest BCUT2D eigenvalue weighted by molar-refractivity contribution is 0.0955. The summed E-state index contributed by atoms with van der Waals surface area (Å²) < 4.78 is 0. The molecule has 0 bridgehead atoms. The van der Waals surface area contributed by atoms with Crippen molar-refractivity contribution in [2.45, 2.75) is 6.92 Å². The average Bonchev–Trinajstić information content (AvgIpc) is 2.65. The van der Waals surface area contributed by atoms with E-state index in [1.54, 1.807) is 0 Å². The molecule has 2 aromatic carbocycles. The number of halogens is 1. The van der Waals surface area contributed by atoms with E-state index in [4.69, 9.17) is 11.6 Å². The van der Waals surface area contributed by atoms with Crippen LogP contribution >= 0.6 is 11.6 Å². The van der Waals surface area contributed by atoms with Crippen molar-refractivity contribution in [2.24, 2.45) is 0 Å². The van der Waals surface area contributed by atoms with E-state index in [2.05, 4.69) is 15.3 Å². The summed E-state index contributed by atoms with van der Waals surface area (Å²) in [6, 6.07) is 17.2. The van der Waals surface area contributed by atoms with Crippen molar-refractivity contribution in [3.63, 3.8) is 0 Å². The van der Waals surface area contributed by atoms with Gasteiger partial charge in [0.2, 0.25) is 5.95 Å². The molecule has 0 saturated carbocycles. The molecule has 1 N–H and O–H groups in total. The molecule has 0 fully saturated rings. The third-order valence-electron chi connectivity index (χ3n) is 3.55. The highest BCUT2D eigenvalue weighted by molar-refractivity contribution is 6.33. The number of para-hydroxylation sites is 2. The molecule has 3 rings (SSSR count). The van der Waals surface area contributed by atoms with Crippen molar-refractivity contribution < 1.29 is 4.79 Å². The van der Waals surface area contributed by atoms with Crippen LogP contribution in [0.25, 0.3) is 0 Å². The van der Waals surface area contributed by atoms with Crippen LogP contribution in [0, 0.1) is 0 Å². The van der Waals surface area contributed by atoms with E-state index in [1.165, 1.54) is 12.4 Å². The van der Waals surface area contributed by atoms with Gasteiger partial charge >= 0.3 is 0 Å². The zero-order chi connectivity index (χ0) is 17.6. The van der Waals surface area contributed by atoms with Crippen molar-refractivity contribution in [1.82, 2.24) is 15.3 Å². The fourth-order valence-corrected chi connectivity index (χ4v) is 2.61. The molecule has 25 heavy (non-hydrogen) atoms. The van der Waals surface area contributed by atoms with Gasteiger partial charge in [0, 0.05) is 24.6 Å². The number of aromatic nitrogens is 2. The molecular weight excluding hydrogens is 336 g/mol. The number of hydrogen-bond acceptors (Lipinski definition) is 4. The topological polar surface area (TPSA) is 58.1 Å². The van der Waals surface area contributed by atoms with Gasteiger partial charge < -0.3 is 5.32 Å². The van der Waals surface area contributed by atoms with Gasteiger partial charge in [0.05, 0.1) is 16.3 Å². The highest BCUT2D eigenvalue weighted by Gasteiger charge is 2.18. The first-order valence-electron chi connectivity index (χ1n) is 7.90.